The van der Waals surface area contributed by atoms with E-state index in [0.717, 1.165) is 0 Å². The molecule has 4 rings (SSSR count). The topological polar surface area (TPSA) is 61.5 Å². The number of rotatable bonds is 8. The molecule has 1 amide bonds. The van der Waals surface area contributed by atoms with Crippen molar-refractivity contribution in [1.29, 1.82) is 0 Å². The summed E-state index contributed by atoms with van der Waals surface area (Å²) in [5.41, 5.74) is 0.979. The van der Waals surface area contributed by atoms with Crippen LogP contribution in [0.15, 0.2) is 73.2 Å². The van der Waals surface area contributed by atoms with Gasteiger partial charge in [0.15, 0.2) is 17.3 Å². The first-order valence-electron chi connectivity index (χ1n) is 10.2. The minimum Gasteiger partial charge on any atom is -0.493 e. The standard InChI is InChI=1S/C24H21F3N4O3/c1-29(15-16-9-10-20(33-2)21(13-16)34-24(26)27)23(32)17-14-28-31(19-8-4-3-7-18(19)25)22(17)30-11-5-6-12-30/h3-14,24H,15H2,1-2H3. The zero-order chi connectivity index (χ0) is 24.2. The van der Waals surface area contributed by atoms with Crippen molar-refractivity contribution in [2.45, 2.75) is 13.2 Å². The maximum absolute atomic E-state index is 14.5. The lowest BCUT2D eigenvalue weighted by molar-refractivity contribution is -0.0512. The van der Waals surface area contributed by atoms with E-state index >= 15 is 0 Å². The molecule has 2 heterocycles. The van der Waals surface area contributed by atoms with Crippen LogP contribution >= 0.6 is 0 Å². The van der Waals surface area contributed by atoms with E-state index in [2.05, 4.69) is 9.84 Å². The summed E-state index contributed by atoms with van der Waals surface area (Å²) in [6, 6.07) is 14.2. The Morgan fingerprint density at radius 2 is 1.82 bits per heavy atom. The molecule has 0 fully saturated rings. The lowest BCUT2D eigenvalue weighted by atomic mass is 10.1. The van der Waals surface area contributed by atoms with E-state index in [1.165, 1.54) is 41.1 Å². The summed E-state index contributed by atoms with van der Waals surface area (Å²) in [5, 5.41) is 4.27. The van der Waals surface area contributed by atoms with E-state index < -0.39 is 18.3 Å². The van der Waals surface area contributed by atoms with Crippen LogP contribution in [0.25, 0.3) is 11.5 Å². The van der Waals surface area contributed by atoms with Crippen molar-refractivity contribution in [3.8, 4) is 23.0 Å². The number of methoxy groups -OCH3 is 1. The highest BCUT2D eigenvalue weighted by Gasteiger charge is 2.24. The van der Waals surface area contributed by atoms with Gasteiger partial charge in [0.25, 0.3) is 5.91 Å². The maximum atomic E-state index is 14.5. The quantitative estimate of drug-likeness (QED) is 0.375. The van der Waals surface area contributed by atoms with Crippen molar-refractivity contribution in [3.05, 3.63) is 90.1 Å². The van der Waals surface area contributed by atoms with Crippen LogP contribution in [0.2, 0.25) is 0 Å². The highest BCUT2D eigenvalue weighted by atomic mass is 19.3. The predicted octanol–water partition coefficient (Wildman–Crippen LogP) is 4.68. The van der Waals surface area contributed by atoms with Crippen LogP contribution in [0.1, 0.15) is 15.9 Å². The summed E-state index contributed by atoms with van der Waals surface area (Å²) in [4.78, 5) is 14.8. The molecular formula is C24H21F3N4O3. The average molecular weight is 470 g/mol. The first-order chi connectivity index (χ1) is 16.4. The molecule has 0 aliphatic carbocycles. The molecule has 0 spiro atoms. The van der Waals surface area contributed by atoms with Gasteiger partial charge in [-0.2, -0.15) is 13.9 Å². The van der Waals surface area contributed by atoms with Crippen LogP contribution in [0.4, 0.5) is 13.2 Å². The number of nitrogens with zero attached hydrogens (tertiary/aromatic N) is 4. The number of hydrogen-bond donors (Lipinski definition) is 0. The molecule has 34 heavy (non-hydrogen) atoms. The van der Waals surface area contributed by atoms with Gasteiger partial charge in [0.2, 0.25) is 0 Å². The molecule has 4 aromatic rings. The smallest absolute Gasteiger partial charge is 0.387 e. The summed E-state index contributed by atoms with van der Waals surface area (Å²) in [5.74, 6) is -0.492. The SMILES string of the molecule is COc1ccc(CN(C)C(=O)c2cnn(-c3ccccc3F)c2-n2cccc2)cc1OC(F)F. The number of carbonyl (C=O) groups is 1. The van der Waals surface area contributed by atoms with Crippen LogP contribution in [-0.4, -0.2) is 45.9 Å². The van der Waals surface area contributed by atoms with E-state index in [-0.39, 0.29) is 29.3 Å². The van der Waals surface area contributed by atoms with Gasteiger partial charge in [0, 0.05) is 26.0 Å². The summed E-state index contributed by atoms with van der Waals surface area (Å²) in [6.45, 7) is -2.92. The largest absolute Gasteiger partial charge is 0.493 e. The third-order valence-electron chi connectivity index (χ3n) is 5.11. The molecule has 0 N–H and O–H groups in total. The van der Waals surface area contributed by atoms with Gasteiger partial charge >= 0.3 is 6.61 Å². The molecule has 2 aromatic heterocycles. The molecule has 176 valence electrons. The van der Waals surface area contributed by atoms with Crippen molar-refractivity contribution < 1.29 is 27.4 Å². The summed E-state index contributed by atoms with van der Waals surface area (Å²) in [6.07, 6.45) is 4.82. The second-order valence-electron chi connectivity index (χ2n) is 7.36. The fraction of sp³-hybridized carbons (Fsp3) is 0.167. The molecule has 0 radical (unpaired) electrons. The van der Waals surface area contributed by atoms with Gasteiger partial charge in [-0.15, -0.1) is 0 Å². The monoisotopic (exact) mass is 470 g/mol. The number of hydrogen-bond acceptors (Lipinski definition) is 4. The second kappa shape index (κ2) is 9.74. The minimum absolute atomic E-state index is 0.0957. The van der Waals surface area contributed by atoms with Crippen LogP contribution in [0.3, 0.4) is 0 Å². The molecule has 0 atom stereocenters. The predicted molar refractivity (Wildman–Crippen MR) is 118 cm³/mol. The maximum Gasteiger partial charge on any atom is 0.387 e. The molecule has 0 saturated carbocycles. The molecule has 2 aromatic carbocycles. The zero-order valence-electron chi connectivity index (χ0n) is 18.4. The average Bonchev–Trinajstić information content (AvgIpc) is 3.48. The van der Waals surface area contributed by atoms with Crippen LogP contribution in [0.5, 0.6) is 11.5 Å². The van der Waals surface area contributed by atoms with Gasteiger partial charge in [-0.05, 0) is 42.0 Å². The van der Waals surface area contributed by atoms with Gasteiger partial charge in [0.1, 0.15) is 17.1 Å². The number of halogens is 3. The third-order valence-corrected chi connectivity index (χ3v) is 5.11. The van der Waals surface area contributed by atoms with Crippen molar-refractivity contribution in [2.24, 2.45) is 0 Å². The first kappa shape index (κ1) is 23.0. The molecular weight excluding hydrogens is 449 g/mol. The van der Waals surface area contributed by atoms with Crippen LogP contribution < -0.4 is 9.47 Å². The Morgan fingerprint density at radius 1 is 1.09 bits per heavy atom. The highest BCUT2D eigenvalue weighted by Crippen LogP contribution is 2.30. The number of amides is 1. The molecule has 0 saturated heterocycles. The summed E-state index contributed by atoms with van der Waals surface area (Å²) >= 11 is 0. The van der Waals surface area contributed by atoms with E-state index in [4.69, 9.17) is 4.74 Å². The number of aromatic nitrogens is 3. The lowest BCUT2D eigenvalue weighted by Gasteiger charge is -2.19. The Morgan fingerprint density at radius 3 is 2.50 bits per heavy atom. The summed E-state index contributed by atoms with van der Waals surface area (Å²) < 4.78 is 52.6. The number of benzene rings is 2. The normalized spacial score (nSPS) is 11.0. The molecule has 0 unspecified atom stereocenters. The Kier molecular flexibility index (Phi) is 6.58. The number of para-hydroxylation sites is 1. The van der Waals surface area contributed by atoms with E-state index in [1.54, 1.807) is 60.4 Å². The van der Waals surface area contributed by atoms with Crippen LogP contribution in [-0.2, 0) is 6.54 Å². The Balaban J connectivity index is 1.67. The van der Waals surface area contributed by atoms with Crippen molar-refractivity contribution >= 4 is 5.91 Å². The van der Waals surface area contributed by atoms with Crippen molar-refractivity contribution in [3.63, 3.8) is 0 Å². The number of ether oxygens (including phenoxy) is 2. The van der Waals surface area contributed by atoms with E-state index in [1.807, 2.05) is 0 Å². The Labute approximate surface area is 193 Å². The van der Waals surface area contributed by atoms with E-state index in [0.29, 0.717) is 11.4 Å². The van der Waals surface area contributed by atoms with Crippen LogP contribution in [0, 0.1) is 5.82 Å². The van der Waals surface area contributed by atoms with E-state index in [9.17, 15) is 18.0 Å². The Bertz CT molecular complexity index is 1290. The number of carbonyl (C=O) groups excluding carboxylic acids is 1. The molecule has 7 nitrogen and oxygen atoms in total. The first-order valence-corrected chi connectivity index (χ1v) is 10.2. The molecule has 0 aliphatic rings. The zero-order valence-corrected chi connectivity index (χ0v) is 18.4. The third kappa shape index (κ3) is 4.61. The number of alkyl halides is 2. The van der Waals surface area contributed by atoms with Crippen molar-refractivity contribution in [2.75, 3.05) is 14.2 Å². The molecule has 10 heteroatoms. The van der Waals surface area contributed by atoms with Gasteiger partial charge in [-0.3, -0.25) is 4.79 Å². The fourth-order valence-corrected chi connectivity index (χ4v) is 3.58. The van der Waals surface area contributed by atoms with Gasteiger partial charge in [0.05, 0.1) is 13.3 Å². The van der Waals surface area contributed by atoms with Gasteiger partial charge < -0.3 is 18.9 Å². The fourth-order valence-electron chi connectivity index (χ4n) is 3.58. The van der Waals surface area contributed by atoms with Gasteiger partial charge in [-0.25, -0.2) is 9.07 Å². The molecule has 0 aliphatic heterocycles. The highest BCUT2D eigenvalue weighted by molar-refractivity contribution is 5.97. The second-order valence-corrected chi connectivity index (χ2v) is 7.36. The Hall–Kier alpha value is -4.21. The summed E-state index contributed by atoms with van der Waals surface area (Å²) in [7, 11) is 2.92. The van der Waals surface area contributed by atoms with Crippen molar-refractivity contribution in [1.82, 2.24) is 19.2 Å². The lowest BCUT2D eigenvalue weighted by Crippen LogP contribution is -2.27. The minimum atomic E-state index is -3.02. The van der Waals surface area contributed by atoms with Gasteiger partial charge in [-0.1, -0.05) is 18.2 Å². The molecule has 0 bridgehead atoms.